The maximum Gasteiger partial charge on any atom is 0.161 e. The van der Waals surface area contributed by atoms with Gasteiger partial charge in [0.15, 0.2) is 5.78 Å². The summed E-state index contributed by atoms with van der Waals surface area (Å²) in [5.41, 5.74) is 1.66. The largest absolute Gasteiger partial charge is 0.383 e. The highest BCUT2D eigenvalue weighted by atomic mass is 79.9. The molecule has 3 nitrogen and oxygen atoms in total. The van der Waals surface area contributed by atoms with E-state index in [9.17, 15) is 4.79 Å². The van der Waals surface area contributed by atoms with Gasteiger partial charge in [-0.1, -0.05) is 15.9 Å². The first-order chi connectivity index (χ1) is 7.97. The first-order valence-corrected chi connectivity index (χ1v) is 6.29. The number of nitrogens with zero attached hydrogens (tertiary/aromatic N) is 1. The summed E-state index contributed by atoms with van der Waals surface area (Å²) in [7, 11) is 3.65. The number of ketones is 1. The molecule has 0 aliphatic heterocycles. The van der Waals surface area contributed by atoms with Gasteiger partial charge in [0.2, 0.25) is 0 Å². The average molecular weight is 300 g/mol. The predicted molar refractivity (Wildman–Crippen MR) is 73.9 cm³/mol. The van der Waals surface area contributed by atoms with Gasteiger partial charge < -0.3 is 9.64 Å². The van der Waals surface area contributed by atoms with E-state index >= 15 is 0 Å². The van der Waals surface area contributed by atoms with E-state index in [1.54, 1.807) is 14.0 Å². The van der Waals surface area contributed by atoms with Crippen LogP contribution in [0.1, 0.15) is 24.2 Å². The van der Waals surface area contributed by atoms with Crippen molar-refractivity contribution in [3.05, 3.63) is 28.2 Å². The van der Waals surface area contributed by atoms with Gasteiger partial charge >= 0.3 is 0 Å². The molecule has 1 aromatic rings. The van der Waals surface area contributed by atoms with Crippen molar-refractivity contribution in [3.63, 3.8) is 0 Å². The molecule has 0 aliphatic rings. The number of hydrogen-bond acceptors (Lipinski definition) is 3. The fraction of sp³-hybridized carbons (Fsp3) is 0.462. The Labute approximate surface area is 111 Å². The van der Waals surface area contributed by atoms with Crippen molar-refractivity contribution < 1.29 is 9.53 Å². The van der Waals surface area contributed by atoms with Crippen molar-refractivity contribution in [1.82, 2.24) is 0 Å². The molecule has 4 heteroatoms. The van der Waals surface area contributed by atoms with E-state index in [1.165, 1.54) is 0 Å². The van der Waals surface area contributed by atoms with E-state index in [1.807, 2.05) is 25.2 Å². The van der Waals surface area contributed by atoms with E-state index in [0.717, 1.165) is 15.7 Å². The second-order valence-corrected chi connectivity index (χ2v) is 5.05. The molecule has 0 heterocycles. The molecule has 0 radical (unpaired) electrons. The lowest BCUT2D eigenvalue weighted by Gasteiger charge is -2.28. The SMILES string of the molecule is COCC(C)N(C)c1ccc(Br)cc1C(C)=O. The van der Waals surface area contributed by atoms with Crippen LogP contribution < -0.4 is 4.90 Å². The Bertz CT molecular complexity index is 406. The summed E-state index contributed by atoms with van der Waals surface area (Å²) in [4.78, 5) is 13.7. The van der Waals surface area contributed by atoms with Gasteiger partial charge in [-0.2, -0.15) is 0 Å². The Morgan fingerprint density at radius 3 is 2.71 bits per heavy atom. The Balaban J connectivity index is 3.08. The Morgan fingerprint density at radius 1 is 1.53 bits per heavy atom. The van der Waals surface area contributed by atoms with E-state index in [-0.39, 0.29) is 11.8 Å². The minimum absolute atomic E-state index is 0.0674. The predicted octanol–water partition coefficient (Wildman–Crippen LogP) is 3.12. The monoisotopic (exact) mass is 299 g/mol. The summed E-state index contributed by atoms with van der Waals surface area (Å²) in [6.45, 7) is 4.28. The topological polar surface area (TPSA) is 29.5 Å². The van der Waals surface area contributed by atoms with Gasteiger partial charge in [-0.3, -0.25) is 4.79 Å². The van der Waals surface area contributed by atoms with Gasteiger partial charge in [0.25, 0.3) is 0 Å². The van der Waals surface area contributed by atoms with Crippen molar-refractivity contribution in [2.75, 3.05) is 25.7 Å². The zero-order valence-corrected chi connectivity index (χ0v) is 12.2. The minimum Gasteiger partial charge on any atom is -0.383 e. The highest BCUT2D eigenvalue weighted by molar-refractivity contribution is 9.10. The van der Waals surface area contributed by atoms with E-state index < -0.39 is 0 Å². The van der Waals surface area contributed by atoms with Crippen molar-refractivity contribution in [2.24, 2.45) is 0 Å². The molecule has 0 fully saturated rings. The molecule has 0 spiro atoms. The number of Topliss-reactive ketones (excluding diaryl/α,β-unsaturated/α-hetero) is 1. The van der Waals surface area contributed by atoms with Crippen LogP contribution in [0, 0.1) is 0 Å². The number of likely N-dealkylation sites (N-methyl/N-ethyl adjacent to an activating group) is 1. The zero-order valence-electron chi connectivity index (χ0n) is 10.7. The molecule has 0 amide bonds. The lowest BCUT2D eigenvalue weighted by molar-refractivity contribution is 0.101. The van der Waals surface area contributed by atoms with Crippen LogP contribution in [-0.2, 0) is 4.74 Å². The Hall–Kier alpha value is -0.870. The molecule has 0 aromatic heterocycles. The molecule has 0 bridgehead atoms. The molecule has 0 aliphatic carbocycles. The average Bonchev–Trinajstić information content (AvgIpc) is 2.28. The maximum atomic E-state index is 11.6. The van der Waals surface area contributed by atoms with E-state index in [2.05, 4.69) is 27.8 Å². The van der Waals surface area contributed by atoms with Crippen LogP contribution in [0.3, 0.4) is 0 Å². The molecule has 0 N–H and O–H groups in total. The van der Waals surface area contributed by atoms with Crippen molar-refractivity contribution in [2.45, 2.75) is 19.9 Å². The van der Waals surface area contributed by atoms with Crippen molar-refractivity contribution >= 4 is 27.4 Å². The van der Waals surface area contributed by atoms with Crippen molar-refractivity contribution in [3.8, 4) is 0 Å². The smallest absolute Gasteiger partial charge is 0.161 e. The van der Waals surface area contributed by atoms with Gasteiger partial charge in [0, 0.05) is 35.9 Å². The number of benzene rings is 1. The number of carbonyl (C=O) groups excluding carboxylic acids is 1. The third-order valence-electron chi connectivity index (χ3n) is 2.79. The Morgan fingerprint density at radius 2 is 2.18 bits per heavy atom. The number of carbonyl (C=O) groups is 1. The molecule has 1 unspecified atom stereocenters. The highest BCUT2D eigenvalue weighted by Crippen LogP contribution is 2.25. The molecular formula is C13H18BrNO2. The molecule has 1 atom stereocenters. The van der Waals surface area contributed by atoms with E-state index in [4.69, 9.17) is 4.74 Å². The second-order valence-electron chi connectivity index (χ2n) is 4.13. The first-order valence-electron chi connectivity index (χ1n) is 5.49. The summed E-state index contributed by atoms with van der Waals surface area (Å²) in [6.07, 6.45) is 0. The lowest BCUT2D eigenvalue weighted by Crippen LogP contribution is -2.33. The number of halogens is 1. The van der Waals surface area contributed by atoms with E-state index in [0.29, 0.717) is 6.61 Å². The zero-order chi connectivity index (χ0) is 13.0. The third kappa shape index (κ3) is 3.54. The molecule has 17 heavy (non-hydrogen) atoms. The number of hydrogen-bond donors (Lipinski definition) is 0. The van der Waals surface area contributed by atoms with Gasteiger partial charge in [-0.05, 0) is 32.0 Å². The summed E-state index contributed by atoms with van der Waals surface area (Å²) in [6, 6.07) is 5.97. The first kappa shape index (κ1) is 14.2. The molecule has 1 rings (SSSR count). The van der Waals surface area contributed by atoms with Crippen LogP contribution in [0.4, 0.5) is 5.69 Å². The molecular weight excluding hydrogens is 282 g/mol. The number of rotatable bonds is 5. The van der Waals surface area contributed by atoms with Gasteiger partial charge in [-0.25, -0.2) is 0 Å². The number of methoxy groups -OCH3 is 1. The minimum atomic E-state index is 0.0674. The fourth-order valence-electron chi connectivity index (χ4n) is 1.69. The second kappa shape index (κ2) is 6.17. The lowest BCUT2D eigenvalue weighted by atomic mass is 10.1. The molecule has 0 saturated carbocycles. The van der Waals surface area contributed by atoms with Crippen molar-refractivity contribution in [1.29, 1.82) is 0 Å². The van der Waals surface area contributed by atoms with Gasteiger partial charge in [0.1, 0.15) is 0 Å². The van der Waals surface area contributed by atoms with Crippen LogP contribution in [0.2, 0.25) is 0 Å². The quantitative estimate of drug-likeness (QED) is 0.783. The number of anilines is 1. The van der Waals surface area contributed by atoms with Crippen LogP contribution in [-0.4, -0.2) is 32.6 Å². The van der Waals surface area contributed by atoms with Crippen LogP contribution in [0.25, 0.3) is 0 Å². The van der Waals surface area contributed by atoms with Crippen LogP contribution >= 0.6 is 15.9 Å². The highest BCUT2D eigenvalue weighted by Gasteiger charge is 2.15. The normalized spacial score (nSPS) is 12.3. The van der Waals surface area contributed by atoms with Crippen LogP contribution in [0.15, 0.2) is 22.7 Å². The summed E-state index contributed by atoms with van der Waals surface area (Å²) >= 11 is 3.39. The third-order valence-corrected chi connectivity index (χ3v) is 3.28. The van der Waals surface area contributed by atoms with Gasteiger partial charge in [0.05, 0.1) is 6.61 Å². The summed E-state index contributed by atoms with van der Waals surface area (Å²) < 4.78 is 6.05. The van der Waals surface area contributed by atoms with Crippen LogP contribution in [0.5, 0.6) is 0 Å². The summed E-state index contributed by atoms with van der Waals surface area (Å²) in [5.74, 6) is 0.0674. The standard InChI is InChI=1S/C13H18BrNO2/c1-9(8-17-4)15(3)13-6-5-11(14)7-12(13)10(2)16/h5-7,9H,8H2,1-4H3. The number of ether oxygens (including phenoxy) is 1. The maximum absolute atomic E-state index is 11.6. The molecule has 0 saturated heterocycles. The molecule has 1 aromatic carbocycles. The van der Waals surface area contributed by atoms with Gasteiger partial charge in [-0.15, -0.1) is 0 Å². The fourth-order valence-corrected chi connectivity index (χ4v) is 2.05. The molecule has 94 valence electrons. The Kier molecular flexibility index (Phi) is 5.15. The summed E-state index contributed by atoms with van der Waals surface area (Å²) in [5, 5.41) is 0.